The zero-order valence-electron chi connectivity index (χ0n) is 17.7. The summed E-state index contributed by atoms with van der Waals surface area (Å²) in [6.45, 7) is 6.51. The molecule has 0 radical (unpaired) electrons. The van der Waals surface area contributed by atoms with Gasteiger partial charge in [-0.2, -0.15) is 11.8 Å². The molecule has 30 heavy (non-hydrogen) atoms. The fourth-order valence-corrected chi connectivity index (χ4v) is 4.10. The van der Waals surface area contributed by atoms with Crippen molar-refractivity contribution in [2.45, 2.75) is 25.3 Å². The van der Waals surface area contributed by atoms with Gasteiger partial charge in [-0.3, -0.25) is 0 Å². The molecule has 2 unspecified atom stereocenters. The van der Waals surface area contributed by atoms with Gasteiger partial charge in [0.25, 0.3) is 0 Å². The second-order valence-corrected chi connectivity index (χ2v) is 8.80. The van der Waals surface area contributed by atoms with Crippen LogP contribution in [0.1, 0.15) is 11.1 Å². The lowest BCUT2D eigenvalue weighted by atomic mass is 10.2. The monoisotopic (exact) mass is 429 g/mol. The Bertz CT molecular complexity index is 617. The Morgan fingerprint density at radius 2 is 1.17 bits per heavy atom. The lowest BCUT2D eigenvalue weighted by Crippen LogP contribution is -2.49. The van der Waals surface area contributed by atoms with E-state index in [1.807, 2.05) is 23.9 Å². The van der Waals surface area contributed by atoms with Gasteiger partial charge in [-0.05, 0) is 11.1 Å². The van der Waals surface area contributed by atoms with Crippen LogP contribution in [0.4, 0.5) is 0 Å². The van der Waals surface area contributed by atoms with Crippen LogP contribution in [-0.2, 0) is 22.7 Å². The van der Waals surface area contributed by atoms with Crippen molar-refractivity contribution in [3.63, 3.8) is 0 Å². The number of hydrogen-bond acceptors (Lipinski definition) is 6. The van der Waals surface area contributed by atoms with Crippen molar-refractivity contribution in [3.8, 4) is 0 Å². The summed E-state index contributed by atoms with van der Waals surface area (Å²) in [5.41, 5.74) is 2.43. The Morgan fingerprint density at radius 1 is 0.700 bits per heavy atom. The number of hydrogen-bond donors (Lipinski definition) is 3. The smallest absolute Gasteiger partial charge is 0.0717 e. The molecule has 0 bridgehead atoms. The molecular formula is C24H35N3O2S. The normalized spacial score (nSPS) is 21.5. The SMILES string of the molecule is c1ccc(COCC2CNCC(COCc3ccccc3)NCCSCCN2)cc1. The first-order valence-electron chi connectivity index (χ1n) is 10.9. The topological polar surface area (TPSA) is 54.5 Å². The second kappa shape index (κ2) is 14.6. The molecule has 2 aromatic carbocycles. The predicted octanol–water partition coefficient (Wildman–Crippen LogP) is 2.67. The highest BCUT2D eigenvalue weighted by molar-refractivity contribution is 7.99. The number of thioether (sulfide) groups is 1. The van der Waals surface area contributed by atoms with Gasteiger partial charge >= 0.3 is 0 Å². The number of ether oxygens (including phenoxy) is 2. The van der Waals surface area contributed by atoms with Gasteiger partial charge in [-0.15, -0.1) is 0 Å². The van der Waals surface area contributed by atoms with E-state index >= 15 is 0 Å². The molecule has 0 saturated carbocycles. The highest BCUT2D eigenvalue weighted by Gasteiger charge is 2.13. The third kappa shape index (κ3) is 9.60. The molecule has 2 aromatic rings. The van der Waals surface area contributed by atoms with Crippen LogP contribution >= 0.6 is 11.8 Å². The molecule has 2 atom stereocenters. The van der Waals surface area contributed by atoms with Crippen LogP contribution in [0.15, 0.2) is 60.7 Å². The van der Waals surface area contributed by atoms with Gasteiger partial charge in [-0.1, -0.05) is 60.7 Å². The molecule has 1 fully saturated rings. The van der Waals surface area contributed by atoms with E-state index in [4.69, 9.17) is 9.47 Å². The Morgan fingerprint density at radius 3 is 1.63 bits per heavy atom. The Balaban J connectivity index is 1.40. The first kappa shape index (κ1) is 23.3. The van der Waals surface area contributed by atoms with Gasteiger partial charge < -0.3 is 25.4 Å². The summed E-state index contributed by atoms with van der Waals surface area (Å²) in [4.78, 5) is 0. The fraction of sp³-hybridized carbons (Fsp3) is 0.500. The molecule has 164 valence electrons. The molecule has 0 aliphatic carbocycles. The van der Waals surface area contributed by atoms with Crippen molar-refractivity contribution < 1.29 is 9.47 Å². The van der Waals surface area contributed by atoms with Gasteiger partial charge in [0.15, 0.2) is 0 Å². The van der Waals surface area contributed by atoms with E-state index in [2.05, 4.69) is 64.5 Å². The summed E-state index contributed by atoms with van der Waals surface area (Å²) in [6.07, 6.45) is 0. The maximum atomic E-state index is 5.97. The van der Waals surface area contributed by atoms with E-state index in [0.717, 1.165) is 37.7 Å². The molecule has 1 aliphatic rings. The van der Waals surface area contributed by atoms with Crippen LogP contribution in [0.2, 0.25) is 0 Å². The van der Waals surface area contributed by atoms with Crippen molar-refractivity contribution in [1.82, 2.24) is 16.0 Å². The molecule has 6 heteroatoms. The van der Waals surface area contributed by atoms with E-state index in [0.29, 0.717) is 38.5 Å². The average Bonchev–Trinajstić information content (AvgIpc) is 2.78. The predicted molar refractivity (Wildman–Crippen MR) is 126 cm³/mol. The highest BCUT2D eigenvalue weighted by atomic mass is 32.2. The molecule has 0 aromatic heterocycles. The van der Waals surface area contributed by atoms with E-state index in [9.17, 15) is 0 Å². The van der Waals surface area contributed by atoms with Gasteiger partial charge in [-0.25, -0.2) is 0 Å². The van der Waals surface area contributed by atoms with E-state index in [-0.39, 0.29) is 0 Å². The van der Waals surface area contributed by atoms with Gasteiger partial charge in [0, 0.05) is 49.8 Å². The lowest BCUT2D eigenvalue weighted by Gasteiger charge is -2.24. The quantitative estimate of drug-likeness (QED) is 0.600. The first-order valence-corrected chi connectivity index (χ1v) is 12.0. The van der Waals surface area contributed by atoms with Crippen molar-refractivity contribution in [2.24, 2.45) is 0 Å². The van der Waals surface area contributed by atoms with Crippen LogP contribution in [0, 0.1) is 0 Å². The zero-order valence-corrected chi connectivity index (χ0v) is 18.5. The average molecular weight is 430 g/mol. The highest BCUT2D eigenvalue weighted by Crippen LogP contribution is 2.04. The minimum atomic E-state index is 0.305. The summed E-state index contributed by atoms with van der Waals surface area (Å²) in [5.74, 6) is 2.23. The van der Waals surface area contributed by atoms with Crippen LogP contribution in [0.5, 0.6) is 0 Å². The maximum Gasteiger partial charge on any atom is 0.0717 e. The molecule has 1 saturated heterocycles. The van der Waals surface area contributed by atoms with E-state index in [1.54, 1.807) is 0 Å². The Labute approximate surface area is 185 Å². The summed E-state index contributed by atoms with van der Waals surface area (Å²) in [7, 11) is 0. The van der Waals surface area contributed by atoms with E-state index < -0.39 is 0 Å². The Hall–Kier alpha value is -1.41. The second-order valence-electron chi connectivity index (χ2n) is 7.57. The van der Waals surface area contributed by atoms with Crippen LogP contribution in [-0.4, -0.2) is 63.0 Å². The number of rotatable bonds is 8. The van der Waals surface area contributed by atoms with Crippen molar-refractivity contribution in [2.75, 3.05) is 50.9 Å². The summed E-state index contributed by atoms with van der Waals surface area (Å²) < 4.78 is 11.9. The molecule has 1 aliphatic heterocycles. The third-order valence-electron chi connectivity index (χ3n) is 5.00. The Kier molecular flexibility index (Phi) is 11.3. The fourth-order valence-electron chi connectivity index (χ4n) is 3.37. The third-order valence-corrected chi connectivity index (χ3v) is 5.99. The molecule has 0 amide bonds. The van der Waals surface area contributed by atoms with Crippen molar-refractivity contribution in [1.29, 1.82) is 0 Å². The maximum absolute atomic E-state index is 5.97. The summed E-state index contributed by atoms with van der Waals surface area (Å²) >= 11 is 1.99. The van der Waals surface area contributed by atoms with Crippen LogP contribution in [0.3, 0.4) is 0 Å². The van der Waals surface area contributed by atoms with Crippen LogP contribution < -0.4 is 16.0 Å². The summed E-state index contributed by atoms with van der Waals surface area (Å²) in [5, 5.41) is 10.9. The molecule has 1 heterocycles. The molecule has 3 rings (SSSR count). The van der Waals surface area contributed by atoms with Gasteiger partial charge in [0.1, 0.15) is 0 Å². The standard InChI is InChI=1S/C24H35N3O2S/c1-3-7-21(8-4-1)17-28-19-23-15-25-16-24(27-12-14-30-13-11-26-23)20-29-18-22-9-5-2-6-10-22/h1-10,23-27H,11-20H2. The number of nitrogens with one attached hydrogen (secondary N) is 3. The minimum absolute atomic E-state index is 0.305. The van der Waals surface area contributed by atoms with Crippen molar-refractivity contribution in [3.05, 3.63) is 71.8 Å². The lowest BCUT2D eigenvalue weighted by molar-refractivity contribution is 0.0921. The summed E-state index contributed by atoms with van der Waals surface area (Å²) in [6, 6.07) is 21.3. The molecular weight excluding hydrogens is 394 g/mol. The number of benzene rings is 2. The molecule has 5 nitrogen and oxygen atoms in total. The van der Waals surface area contributed by atoms with Gasteiger partial charge in [0.05, 0.1) is 26.4 Å². The minimum Gasteiger partial charge on any atom is -0.375 e. The molecule has 3 N–H and O–H groups in total. The zero-order chi connectivity index (χ0) is 20.7. The van der Waals surface area contributed by atoms with Gasteiger partial charge in [0.2, 0.25) is 0 Å². The first-order chi connectivity index (χ1) is 14.9. The van der Waals surface area contributed by atoms with Crippen molar-refractivity contribution >= 4 is 11.8 Å². The van der Waals surface area contributed by atoms with Crippen LogP contribution in [0.25, 0.3) is 0 Å². The largest absolute Gasteiger partial charge is 0.375 e. The molecule has 0 spiro atoms. The van der Waals surface area contributed by atoms with E-state index in [1.165, 1.54) is 11.1 Å².